The second-order valence-corrected chi connectivity index (χ2v) is 4.50. The van der Waals surface area contributed by atoms with E-state index in [1.165, 1.54) is 25.7 Å². The predicted octanol–water partition coefficient (Wildman–Crippen LogP) is 1.47. The maximum Gasteiger partial charge on any atom is 0.0787 e. The summed E-state index contributed by atoms with van der Waals surface area (Å²) in [6.45, 7) is 1.16. The second-order valence-electron chi connectivity index (χ2n) is 4.50. The molecular formula is C11H15N3. The molecule has 2 aliphatic heterocycles. The molecule has 0 spiro atoms. The van der Waals surface area contributed by atoms with Gasteiger partial charge in [0.05, 0.1) is 17.4 Å². The third kappa shape index (κ3) is 1.16. The average molecular weight is 189 g/mol. The van der Waals surface area contributed by atoms with Gasteiger partial charge < -0.3 is 5.32 Å². The summed E-state index contributed by atoms with van der Waals surface area (Å²) in [6.07, 6.45) is 10.6. The smallest absolute Gasteiger partial charge is 0.0787 e. The van der Waals surface area contributed by atoms with Crippen LogP contribution in [-0.4, -0.2) is 16.5 Å². The summed E-state index contributed by atoms with van der Waals surface area (Å²) in [5.41, 5.74) is 1.29. The quantitative estimate of drug-likeness (QED) is 0.727. The average Bonchev–Trinajstić information content (AvgIpc) is 2.33. The molecule has 3 fully saturated rings. The van der Waals surface area contributed by atoms with E-state index >= 15 is 0 Å². The van der Waals surface area contributed by atoms with Gasteiger partial charge in [-0.3, -0.25) is 9.97 Å². The molecule has 0 amide bonds. The van der Waals surface area contributed by atoms with Crippen LogP contribution in [0.1, 0.15) is 31.4 Å². The van der Waals surface area contributed by atoms with Gasteiger partial charge in [-0.2, -0.15) is 0 Å². The summed E-state index contributed by atoms with van der Waals surface area (Å²) in [5, 5.41) is 3.65. The van der Waals surface area contributed by atoms with Crippen molar-refractivity contribution < 1.29 is 0 Å². The van der Waals surface area contributed by atoms with E-state index in [9.17, 15) is 0 Å². The SMILES string of the molecule is c1cnc(C23CCC(CC2)CN3)cn1. The highest BCUT2D eigenvalue weighted by molar-refractivity contribution is 5.15. The Hall–Kier alpha value is -0.960. The van der Waals surface area contributed by atoms with Crippen LogP contribution >= 0.6 is 0 Å². The molecule has 0 radical (unpaired) electrons. The van der Waals surface area contributed by atoms with Gasteiger partial charge in [0.15, 0.2) is 0 Å². The van der Waals surface area contributed by atoms with Gasteiger partial charge in [-0.05, 0) is 38.1 Å². The van der Waals surface area contributed by atoms with Gasteiger partial charge in [0.1, 0.15) is 0 Å². The van der Waals surface area contributed by atoms with Crippen molar-refractivity contribution in [2.75, 3.05) is 6.54 Å². The van der Waals surface area contributed by atoms with Gasteiger partial charge in [-0.15, -0.1) is 0 Å². The molecule has 0 aromatic carbocycles. The van der Waals surface area contributed by atoms with Crippen molar-refractivity contribution in [3.05, 3.63) is 24.3 Å². The fourth-order valence-corrected chi connectivity index (χ4v) is 2.78. The van der Waals surface area contributed by atoms with E-state index in [2.05, 4.69) is 15.3 Å². The summed E-state index contributed by atoms with van der Waals surface area (Å²) in [6, 6.07) is 0. The highest BCUT2D eigenvalue weighted by atomic mass is 15.0. The minimum Gasteiger partial charge on any atom is -0.306 e. The van der Waals surface area contributed by atoms with E-state index < -0.39 is 0 Å². The topological polar surface area (TPSA) is 37.8 Å². The van der Waals surface area contributed by atoms with Crippen LogP contribution in [0, 0.1) is 5.92 Å². The fraction of sp³-hybridized carbons (Fsp3) is 0.636. The van der Waals surface area contributed by atoms with Crippen LogP contribution in [0.2, 0.25) is 0 Å². The minimum atomic E-state index is 0.156. The fourth-order valence-electron chi connectivity index (χ4n) is 2.78. The van der Waals surface area contributed by atoms with Crippen LogP contribution < -0.4 is 5.32 Å². The van der Waals surface area contributed by atoms with Gasteiger partial charge in [-0.25, -0.2) is 0 Å². The number of aromatic nitrogens is 2. The minimum absolute atomic E-state index is 0.156. The molecule has 14 heavy (non-hydrogen) atoms. The lowest BCUT2D eigenvalue weighted by Gasteiger charge is -2.46. The van der Waals surface area contributed by atoms with Crippen LogP contribution in [0.4, 0.5) is 0 Å². The molecule has 2 bridgehead atoms. The van der Waals surface area contributed by atoms with E-state index in [0.29, 0.717) is 0 Å². The molecule has 1 aromatic rings. The Kier molecular flexibility index (Phi) is 1.80. The Morgan fingerprint density at radius 3 is 2.71 bits per heavy atom. The van der Waals surface area contributed by atoms with Crippen molar-refractivity contribution in [3.8, 4) is 0 Å². The molecule has 3 aliphatic rings. The van der Waals surface area contributed by atoms with Gasteiger partial charge in [-0.1, -0.05) is 0 Å². The molecule has 4 rings (SSSR count). The number of hydrogen-bond donors (Lipinski definition) is 1. The van der Waals surface area contributed by atoms with E-state index in [0.717, 1.165) is 18.2 Å². The summed E-state index contributed by atoms with van der Waals surface area (Å²) in [7, 11) is 0. The monoisotopic (exact) mass is 189 g/mol. The van der Waals surface area contributed by atoms with E-state index in [1.807, 2.05) is 6.20 Å². The summed E-state index contributed by atoms with van der Waals surface area (Å²) < 4.78 is 0. The summed E-state index contributed by atoms with van der Waals surface area (Å²) >= 11 is 0. The maximum absolute atomic E-state index is 4.45. The number of piperidine rings is 2. The van der Waals surface area contributed by atoms with Gasteiger partial charge in [0, 0.05) is 12.4 Å². The Morgan fingerprint density at radius 2 is 2.14 bits per heavy atom. The Bertz CT molecular complexity index is 301. The highest BCUT2D eigenvalue weighted by Crippen LogP contribution is 2.42. The number of nitrogens with zero attached hydrogens (tertiary/aromatic N) is 2. The molecule has 3 heteroatoms. The number of hydrogen-bond acceptors (Lipinski definition) is 3. The normalized spacial score (nSPS) is 35.9. The lowest BCUT2D eigenvalue weighted by molar-refractivity contribution is 0.113. The largest absolute Gasteiger partial charge is 0.306 e. The Labute approximate surface area is 84.0 Å². The molecule has 0 atom stereocenters. The zero-order chi connectivity index (χ0) is 9.43. The molecule has 2 saturated heterocycles. The molecular weight excluding hydrogens is 174 g/mol. The van der Waals surface area contributed by atoms with E-state index in [1.54, 1.807) is 12.4 Å². The summed E-state index contributed by atoms with van der Waals surface area (Å²) in [5.74, 6) is 0.911. The molecule has 1 N–H and O–H groups in total. The van der Waals surface area contributed by atoms with E-state index in [4.69, 9.17) is 0 Å². The molecule has 0 unspecified atom stereocenters. The lowest BCUT2D eigenvalue weighted by Crippen LogP contribution is -2.53. The van der Waals surface area contributed by atoms with Gasteiger partial charge >= 0.3 is 0 Å². The van der Waals surface area contributed by atoms with Crippen molar-refractivity contribution in [1.82, 2.24) is 15.3 Å². The van der Waals surface area contributed by atoms with Crippen LogP contribution in [-0.2, 0) is 5.54 Å². The first-order valence-electron chi connectivity index (χ1n) is 5.41. The van der Waals surface area contributed by atoms with Crippen molar-refractivity contribution in [3.63, 3.8) is 0 Å². The van der Waals surface area contributed by atoms with E-state index in [-0.39, 0.29) is 5.54 Å². The van der Waals surface area contributed by atoms with Crippen LogP contribution in [0.25, 0.3) is 0 Å². The molecule has 74 valence electrons. The number of fused-ring (bicyclic) bond motifs is 3. The molecule has 1 aliphatic carbocycles. The third-order valence-corrected chi connectivity index (χ3v) is 3.74. The zero-order valence-corrected chi connectivity index (χ0v) is 8.24. The van der Waals surface area contributed by atoms with Gasteiger partial charge in [0.25, 0.3) is 0 Å². The third-order valence-electron chi connectivity index (χ3n) is 3.74. The van der Waals surface area contributed by atoms with Crippen molar-refractivity contribution in [2.24, 2.45) is 5.92 Å². The maximum atomic E-state index is 4.45. The predicted molar refractivity (Wildman–Crippen MR) is 53.7 cm³/mol. The first-order chi connectivity index (χ1) is 6.89. The number of rotatable bonds is 1. The van der Waals surface area contributed by atoms with Crippen LogP contribution in [0.15, 0.2) is 18.6 Å². The first kappa shape index (κ1) is 8.36. The van der Waals surface area contributed by atoms with Gasteiger partial charge in [0.2, 0.25) is 0 Å². The highest BCUT2D eigenvalue weighted by Gasteiger charge is 2.42. The standard InChI is InChI=1S/C11H15N3/c1-3-11(4-2-9(1)7-14-11)10-8-12-5-6-13-10/h5-6,8-9,14H,1-4,7H2. The molecule has 3 heterocycles. The van der Waals surface area contributed by atoms with Crippen molar-refractivity contribution in [1.29, 1.82) is 0 Å². The number of nitrogens with one attached hydrogen (secondary N) is 1. The molecule has 1 saturated carbocycles. The lowest BCUT2D eigenvalue weighted by atomic mass is 9.70. The van der Waals surface area contributed by atoms with Crippen LogP contribution in [0.3, 0.4) is 0 Å². The Morgan fingerprint density at radius 1 is 1.29 bits per heavy atom. The van der Waals surface area contributed by atoms with Crippen LogP contribution in [0.5, 0.6) is 0 Å². The van der Waals surface area contributed by atoms with Crippen molar-refractivity contribution >= 4 is 0 Å². The second kappa shape index (κ2) is 3.02. The first-order valence-corrected chi connectivity index (χ1v) is 5.41. The molecule has 3 nitrogen and oxygen atoms in total. The molecule has 1 aromatic heterocycles. The summed E-state index contributed by atoms with van der Waals surface area (Å²) in [4.78, 5) is 8.61. The zero-order valence-electron chi connectivity index (χ0n) is 8.24. The van der Waals surface area contributed by atoms with Crippen molar-refractivity contribution in [2.45, 2.75) is 31.2 Å². The Balaban J connectivity index is 1.96.